The molecule has 1 aliphatic carbocycles. The molecule has 0 radical (unpaired) electrons. The number of thioether (sulfide) groups is 1. The molecular formula is C12H25NS. The Balaban J connectivity index is 2.15. The quantitative estimate of drug-likeness (QED) is 0.755. The van der Waals surface area contributed by atoms with Crippen LogP contribution >= 0.6 is 11.8 Å². The fourth-order valence-corrected chi connectivity index (χ4v) is 3.02. The van der Waals surface area contributed by atoms with Gasteiger partial charge in [0.2, 0.25) is 0 Å². The van der Waals surface area contributed by atoms with E-state index in [0.29, 0.717) is 6.04 Å². The van der Waals surface area contributed by atoms with Gasteiger partial charge >= 0.3 is 0 Å². The Morgan fingerprint density at radius 3 is 2.86 bits per heavy atom. The molecule has 1 nitrogen and oxygen atoms in total. The molecule has 0 aromatic heterocycles. The van der Waals surface area contributed by atoms with Crippen molar-refractivity contribution in [2.45, 2.75) is 58.5 Å². The van der Waals surface area contributed by atoms with E-state index in [1.54, 1.807) is 0 Å². The van der Waals surface area contributed by atoms with Gasteiger partial charge in [-0.1, -0.05) is 26.7 Å². The van der Waals surface area contributed by atoms with Crippen LogP contribution in [0.1, 0.15) is 46.5 Å². The number of rotatable bonds is 5. The summed E-state index contributed by atoms with van der Waals surface area (Å²) in [4.78, 5) is 0. The zero-order chi connectivity index (χ0) is 10.4. The zero-order valence-electron chi connectivity index (χ0n) is 9.88. The van der Waals surface area contributed by atoms with Crippen LogP contribution in [0.5, 0.6) is 0 Å². The standard InChI is InChI=1S/C12H25NS/c1-4-14-9-11(3)13-12-7-5-6-10(2)8-12/h10-13H,4-9H2,1-3H3. The number of hydrogen-bond acceptors (Lipinski definition) is 2. The van der Waals surface area contributed by atoms with E-state index in [9.17, 15) is 0 Å². The highest BCUT2D eigenvalue weighted by molar-refractivity contribution is 7.99. The molecule has 0 bridgehead atoms. The summed E-state index contributed by atoms with van der Waals surface area (Å²) < 4.78 is 0. The molecule has 0 saturated heterocycles. The third-order valence-corrected chi connectivity index (χ3v) is 4.17. The van der Waals surface area contributed by atoms with Crippen LogP contribution in [0.3, 0.4) is 0 Å². The van der Waals surface area contributed by atoms with Crippen molar-refractivity contribution in [2.24, 2.45) is 5.92 Å². The van der Waals surface area contributed by atoms with Gasteiger partial charge in [-0.25, -0.2) is 0 Å². The van der Waals surface area contributed by atoms with Gasteiger partial charge in [-0.05, 0) is 31.4 Å². The van der Waals surface area contributed by atoms with E-state index in [2.05, 4.69) is 26.1 Å². The summed E-state index contributed by atoms with van der Waals surface area (Å²) in [5.41, 5.74) is 0. The van der Waals surface area contributed by atoms with Gasteiger partial charge in [-0.2, -0.15) is 11.8 Å². The minimum absolute atomic E-state index is 0.690. The Morgan fingerprint density at radius 1 is 1.43 bits per heavy atom. The van der Waals surface area contributed by atoms with Crippen molar-refractivity contribution in [1.82, 2.24) is 5.32 Å². The summed E-state index contributed by atoms with van der Waals surface area (Å²) in [7, 11) is 0. The van der Waals surface area contributed by atoms with E-state index in [1.807, 2.05) is 11.8 Å². The van der Waals surface area contributed by atoms with Gasteiger partial charge in [0.1, 0.15) is 0 Å². The summed E-state index contributed by atoms with van der Waals surface area (Å²) in [6.45, 7) is 6.95. The lowest BCUT2D eigenvalue weighted by atomic mass is 9.87. The largest absolute Gasteiger partial charge is 0.311 e. The van der Waals surface area contributed by atoms with Crippen LogP contribution in [-0.4, -0.2) is 23.6 Å². The molecule has 1 saturated carbocycles. The Bertz CT molecular complexity index is 149. The van der Waals surface area contributed by atoms with Gasteiger partial charge in [0.15, 0.2) is 0 Å². The third-order valence-electron chi connectivity index (χ3n) is 3.03. The van der Waals surface area contributed by atoms with Gasteiger partial charge in [0.05, 0.1) is 0 Å². The highest BCUT2D eigenvalue weighted by atomic mass is 32.2. The average Bonchev–Trinajstić information content (AvgIpc) is 2.15. The molecule has 0 aliphatic heterocycles. The van der Waals surface area contributed by atoms with Crippen molar-refractivity contribution < 1.29 is 0 Å². The van der Waals surface area contributed by atoms with Crippen molar-refractivity contribution in [2.75, 3.05) is 11.5 Å². The molecule has 14 heavy (non-hydrogen) atoms. The van der Waals surface area contributed by atoms with Crippen molar-refractivity contribution in [3.05, 3.63) is 0 Å². The summed E-state index contributed by atoms with van der Waals surface area (Å²) in [5.74, 6) is 3.45. The van der Waals surface area contributed by atoms with Crippen LogP contribution in [0.15, 0.2) is 0 Å². The van der Waals surface area contributed by atoms with Crippen LogP contribution in [0, 0.1) is 5.92 Å². The normalized spacial score (nSPS) is 30.2. The molecule has 1 rings (SSSR count). The Kier molecular flexibility index (Phi) is 5.95. The maximum Gasteiger partial charge on any atom is 0.0132 e. The second kappa shape index (κ2) is 6.73. The minimum Gasteiger partial charge on any atom is -0.311 e. The predicted molar refractivity (Wildman–Crippen MR) is 67.0 cm³/mol. The van der Waals surface area contributed by atoms with E-state index < -0.39 is 0 Å². The fourth-order valence-electron chi connectivity index (χ4n) is 2.33. The predicted octanol–water partition coefficient (Wildman–Crippen LogP) is 3.30. The molecule has 1 aliphatic rings. The summed E-state index contributed by atoms with van der Waals surface area (Å²) in [5, 5.41) is 3.76. The number of nitrogens with one attached hydrogen (secondary N) is 1. The third kappa shape index (κ3) is 4.70. The van der Waals surface area contributed by atoms with E-state index in [0.717, 1.165) is 12.0 Å². The van der Waals surface area contributed by atoms with Crippen molar-refractivity contribution in [1.29, 1.82) is 0 Å². The first-order chi connectivity index (χ1) is 6.72. The smallest absolute Gasteiger partial charge is 0.0132 e. The lowest BCUT2D eigenvalue weighted by Gasteiger charge is -2.30. The molecule has 1 fully saturated rings. The van der Waals surface area contributed by atoms with Crippen LogP contribution < -0.4 is 5.32 Å². The van der Waals surface area contributed by atoms with E-state index in [1.165, 1.54) is 37.2 Å². The minimum atomic E-state index is 0.690. The maximum atomic E-state index is 3.76. The Morgan fingerprint density at radius 2 is 2.21 bits per heavy atom. The first-order valence-electron chi connectivity index (χ1n) is 6.06. The second-order valence-corrected chi connectivity index (χ2v) is 6.01. The van der Waals surface area contributed by atoms with Crippen LogP contribution in [0.2, 0.25) is 0 Å². The second-order valence-electron chi connectivity index (χ2n) is 4.70. The summed E-state index contributed by atoms with van der Waals surface area (Å²) in [6, 6.07) is 1.49. The lowest BCUT2D eigenvalue weighted by Crippen LogP contribution is -2.40. The van der Waals surface area contributed by atoms with Gasteiger partial charge in [-0.15, -0.1) is 0 Å². The van der Waals surface area contributed by atoms with Crippen molar-refractivity contribution in [3.8, 4) is 0 Å². The van der Waals surface area contributed by atoms with Gasteiger partial charge in [-0.3, -0.25) is 0 Å². The molecule has 0 amide bonds. The van der Waals surface area contributed by atoms with Crippen LogP contribution in [-0.2, 0) is 0 Å². The molecule has 0 aromatic rings. The molecule has 0 spiro atoms. The van der Waals surface area contributed by atoms with E-state index in [-0.39, 0.29) is 0 Å². The van der Waals surface area contributed by atoms with Crippen molar-refractivity contribution >= 4 is 11.8 Å². The number of hydrogen-bond donors (Lipinski definition) is 1. The maximum absolute atomic E-state index is 3.76. The van der Waals surface area contributed by atoms with Gasteiger partial charge in [0, 0.05) is 17.8 Å². The van der Waals surface area contributed by atoms with Gasteiger partial charge in [0.25, 0.3) is 0 Å². The molecular weight excluding hydrogens is 190 g/mol. The topological polar surface area (TPSA) is 12.0 Å². The molecule has 3 unspecified atom stereocenters. The molecule has 1 N–H and O–H groups in total. The van der Waals surface area contributed by atoms with Crippen molar-refractivity contribution in [3.63, 3.8) is 0 Å². The molecule has 2 heteroatoms. The summed E-state index contributed by atoms with van der Waals surface area (Å²) >= 11 is 2.04. The Hall–Kier alpha value is 0.310. The van der Waals surface area contributed by atoms with Crippen LogP contribution in [0.4, 0.5) is 0 Å². The SMILES string of the molecule is CCSCC(C)NC1CCCC(C)C1. The summed E-state index contributed by atoms with van der Waals surface area (Å²) in [6.07, 6.45) is 5.65. The van der Waals surface area contributed by atoms with Crippen LogP contribution in [0.25, 0.3) is 0 Å². The van der Waals surface area contributed by atoms with E-state index in [4.69, 9.17) is 0 Å². The Labute approximate surface area is 93.4 Å². The van der Waals surface area contributed by atoms with E-state index >= 15 is 0 Å². The lowest BCUT2D eigenvalue weighted by molar-refractivity contribution is 0.290. The molecule has 0 aromatic carbocycles. The highest BCUT2D eigenvalue weighted by Gasteiger charge is 2.19. The zero-order valence-corrected chi connectivity index (χ0v) is 10.7. The molecule has 0 heterocycles. The first-order valence-corrected chi connectivity index (χ1v) is 7.21. The fraction of sp³-hybridized carbons (Fsp3) is 1.00. The molecule has 3 atom stereocenters. The van der Waals surface area contributed by atoms with Gasteiger partial charge < -0.3 is 5.32 Å². The monoisotopic (exact) mass is 215 g/mol. The highest BCUT2D eigenvalue weighted by Crippen LogP contribution is 2.23. The first kappa shape index (κ1) is 12.4. The molecule has 84 valence electrons. The average molecular weight is 215 g/mol.